The number of nitrogens with one attached hydrogen (secondary N) is 1. The first-order valence-electron chi connectivity index (χ1n) is 8.40. The summed E-state index contributed by atoms with van der Waals surface area (Å²) in [5, 5.41) is 12.1. The highest BCUT2D eigenvalue weighted by Gasteiger charge is 2.25. The molecule has 128 valence electrons. The Morgan fingerprint density at radius 1 is 1.29 bits per heavy atom. The zero-order chi connectivity index (χ0) is 16.9. The number of carbonyl (C=O) groups is 1. The first-order valence-corrected chi connectivity index (χ1v) is 8.78. The van der Waals surface area contributed by atoms with Gasteiger partial charge >= 0.3 is 6.03 Å². The molecule has 0 unspecified atom stereocenters. The molecule has 0 saturated carbocycles. The van der Waals surface area contributed by atoms with Crippen molar-refractivity contribution in [1.82, 2.24) is 20.2 Å². The molecule has 2 amide bonds. The predicted octanol–water partition coefficient (Wildman–Crippen LogP) is 2.17. The Labute approximate surface area is 146 Å². The van der Waals surface area contributed by atoms with Crippen LogP contribution < -0.4 is 10.2 Å². The average molecular weight is 349 g/mol. The molecule has 3 rings (SSSR count). The van der Waals surface area contributed by atoms with Crippen LogP contribution in [0.25, 0.3) is 0 Å². The molecule has 7 nitrogen and oxygen atoms in total. The van der Waals surface area contributed by atoms with E-state index in [4.69, 9.17) is 16.9 Å². The van der Waals surface area contributed by atoms with Gasteiger partial charge in [-0.25, -0.2) is 14.8 Å². The van der Waals surface area contributed by atoms with Crippen LogP contribution in [0.1, 0.15) is 37.8 Å². The molecule has 0 bridgehead atoms. The van der Waals surface area contributed by atoms with Crippen LogP contribution in [0.2, 0.25) is 5.15 Å². The van der Waals surface area contributed by atoms with E-state index in [0.29, 0.717) is 12.4 Å². The van der Waals surface area contributed by atoms with Crippen LogP contribution in [0.3, 0.4) is 0 Å². The second-order valence-corrected chi connectivity index (χ2v) is 6.62. The van der Waals surface area contributed by atoms with Crippen molar-refractivity contribution in [3.8, 4) is 6.07 Å². The van der Waals surface area contributed by atoms with E-state index in [9.17, 15) is 4.79 Å². The number of aromatic nitrogens is 2. The molecule has 1 aromatic heterocycles. The quantitative estimate of drug-likeness (QED) is 0.885. The van der Waals surface area contributed by atoms with E-state index in [2.05, 4.69) is 20.2 Å². The van der Waals surface area contributed by atoms with Crippen LogP contribution in [0.4, 0.5) is 10.6 Å². The molecule has 24 heavy (non-hydrogen) atoms. The molecule has 1 N–H and O–H groups in total. The molecule has 2 aliphatic rings. The molecule has 0 spiro atoms. The summed E-state index contributed by atoms with van der Waals surface area (Å²) in [4.78, 5) is 24.6. The van der Waals surface area contributed by atoms with Gasteiger partial charge in [-0.3, -0.25) is 0 Å². The van der Waals surface area contributed by atoms with Gasteiger partial charge in [0.1, 0.15) is 11.9 Å². The van der Waals surface area contributed by atoms with Gasteiger partial charge in [0.2, 0.25) is 0 Å². The largest absolute Gasteiger partial charge is 0.353 e. The number of nitrogens with zero attached hydrogens (tertiary/aromatic N) is 5. The molecule has 2 saturated heterocycles. The summed E-state index contributed by atoms with van der Waals surface area (Å²) in [7, 11) is 0. The Bertz CT molecular complexity index is 640. The summed E-state index contributed by atoms with van der Waals surface area (Å²) in [6, 6.07) is 2.03. The van der Waals surface area contributed by atoms with E-state index in [1.165, 1.54) is 6.42 Å². The van der Waals surface area contributed by atoms with E-state index in [-0.39, 0.29) is 22.9 Å². The highest BCUT2D eigenvalue weighted by atomic mass is 35.5. The van der Waals surface area contributed by atoms with Crippen LogP contribution in [0.15, 0.2) is 6.20 Å². The molecule has 1 atom stereocenters. The minimum Gasteiger partial charge on any atom is -0.353 e. The molecule has 0 aliphatic carbocycles. The Morgan fingerprint density at radius 3 is 2.79 bits per heavy atom. The van der Waals surface area contributed by atoms with E-state index in [0.717, 1.165) is 45.3 Å². The van der Waals surface area contributed by atoms with Gasteiger partial charge in [0.15, 0.2) is 10.8 Å². The van der Waals surface area contributed by atoms with Crippen molar-refractivity contribution in [2.75, 3.05) is 31.1 Å². The van der Waals surface area contributed by atoms with Crippen LogP contribution in [-0.4, -0.2) is 53.1 Å². The fraction of sp³-hybridized carbons (Fsp3) is 0.625. The van der Waals surface area contributed by atoms with Gasteiger partial charge < -0.3 is 15.1 Å². The molecule has 0 radical (unpaired) electrons. The van der Waals surface area contributed by atoms with Crippen molar-refractivity contribution in [2.45, 2.75) is 38.1 Å². The summed E-state index contributed by atoms with van der Waals surface area (Å²) >= 11 is 5.97. The lowest BCUT2D eigenvalue weighted by Crippen LogP contribution is -2.52. The van der Waals surface area contributed by atoms with E-state index < -0.39 is 0 Å². The predicted molar refractivity (Wildman–Crippen MR) is 90.9 cm³/mol. The number of amides is 2. The number of nitriles is 1. The Kier molecular flexibility index (Phi) is 5.36. The summed E-state index contributed by atoms with van der Waals surface area (Å²) in [5.74, 6) is 0.649. The lowest BCUT2D eigenvalue weighted by atomic mass is 10.1. The molecule has 0 aromatic carbocycles. The average Bonchev–Trinajstić information content (AvgIpc) is 2.62. The SMILES string of the molecule is N#Cc1ncc(N2CCC[C@@H](NC(=O)N3CCCCC3)C2)nc1Cl. The maximum absolute atomic E-state index is 12.4. The normalized spacial score (nSPS) is 21.2. The number of carbonyl (C=O) groups excluding carboxylic acids is 1. The molecular weight excluding hydrogens is 328 g/mol. The number of hydrogen-bond acceptors (Lipinski definition) is 5. The number of rotatable bonds is 2. The molecule has 1 aromatic rings. The van der Waals surface area contributed by atoms with Crippen molar-refractivity contribution in [1.29, 1.82) is 5.26 Å². The second kappa shape index (κ2) is 7.67. The fourth-order valence-electron chi connectivity index (χ4n) is 3.25. The number of hydrogen-bond donors (Lipinski definition) is 1. The van der Waals surface area contributed by atoms with Crippen molar-refractivity contribution in [2.24, 2.45) is 0 Å². The lowest BCUT2D eigenvalue weighted by molar-refractivity contribution is 0.181. The summed E-state index contributed by atoms with van der Waals surface area (Å²) < 4.78 is 0. The number of urea groups is 1. The smallest absolute Gasteiger partial charge is 0.317 e. The van der Waals surface area contributed by atoms with E-state index in [1.54, 1.807) is 6.20 Å². The Hall–Kier alpha value is -2.07. The Balaban J connectivity index is 1.61. The van der Waals surface area contributed by atoms with Crippen molar-refractivity contribution < 1.29 is 4.79 Å². The summed E-state index contributed by atoms with van der Waals surface area (Å²) in [6.45, 7) is 3.21. The summed E-state index contributed by atoms with van der Waals surface area (Å²) in [5.41, 5.74) is 0.132. The molecule has 2 aliphatic heterocycles. The van der Waals surface area contributed by atoms with Crippen LogP contribution in [0.5, 0.6) is 0 Å². The topological polar surface area (TPSA) is 85.2 Å². The zero-order valence-corrected chi connectivity index (χ0v) is 14.3. The second-order valence-electron chi connectivity index (χ2n) is 6.26. The van der Waals surface area contributed by atoms with Crippen molar-refractivity contribution in [3.63, 3.8) is 0 Å². The van der Waals surface area contributed by atoms with Gasteiger partial charge in [-0.1, -0.05) is 11.6 Å². The minimum absolute atomic E-state index is 0.0329. The van der Waals surface area contributed by atoms with Gasteiger partial charge in [-0.05, 0) is 32.1 Å². The highest BCUT2D eigenvalue weighted by molar-refractivity contribution is 6.30. The third-order valence-corrected chi connectivity index (χ3v) is 4.80. The monoisotopic (exact) mass is 348 g/mol. The maximum Gasteiger partial charge on any atom is 0.317 e. The molecule has 8 heteroatoms. The van der Waals surface area contributed by atoms with Gasteiger partial charge in [-0.15, -0.1) is 0 Å². The highest BCUT2D eigenvalue weighted by Crippen LogP contribution is 2.20. The number of anilines is 1. The first kappa shape index (κ1) is 16.8. The number of likely N-dealkylation sites (tertiary alicyclic amines) is 1. The van der Waals surface area contributed by atoms with Crippen LogP contribution in [-0.2, 0) is 0 Å². The minimum atomic E-state index is 0.0329. The molecular formula is C16H21ClN6O. The van der Waals surface area contributed by atoms with Crippen LogP contribution in [0, 0.1) is 11.3 Å². The molecule has 2 fully saturated rings. The Morgan fingerprint density at radius 2 is 2.08 bits per heavy atom. The summed E-state index contributed by atoms with van der Waals surface area (Å²) in [6.07, 6.45) is 6.86. The molecule has 3 heterocycles. The fourth-order valence-corrected chi connectivity index (χ4v) is 3.43. The van der Waals surface area contributed by atoms with Gasteiger partial charge in [-0.2, -0.15) is 5.26 Å². The third-order valence-electron chi connectivity index (χ3n) is 4.54. The van der Waals surface area contributed by atoms with Crippen molar-refractivity contribution in [3.05, 3.63) is 17.0 Å². The third kappa shape index (κ3) is 3.88. The van der Waals surface area contributed by atoms with Gasteiger partial charge in [0.05, 0.1) is 6.20 Å². The van der Waals surface area contributed by atoms with Gasteiger partial charge in [0, 0.05) is 32.2 Å². The number of piperidine rings is 2. The van der Waals surface area contributed by atoms with Crippen molar-refractivity contribution >= 4 is 23.4 Å². The van der Waals surface area contributed by atoms with E-state index in [1.807, 2.05) is 11.0 Å². The van der Waals surface area contributed by atoms with Gasteiger partial charge in [0.25, 0.3) is 0 Å². The number of halogens is 1. The zero-order valence-electron chi connectivity index (χ0n) is 13.5. The first-order chi connectivity index (χ1) is 11.7. The van der Waals surface area contributed by atoms with E-state index >= 15 is 0 Å². The maximum atomic E-state index is 12.4. The standard InChI is InChI=1S/C16H21ClN6O/c17-15-13(9-18)19-10-14(21-15)23-8-4-5-12(11-23)20-16(24)22-6-2-1-3-7-22/h10,12H,1-8,11H2,(H,20,24)/t12-/m1/s1. The lowest BCUT2D eigenvalue weighted by Gasteiger charge is -2.35. The van der Waals surface area contributed by atoms with Crippen LogP contribution >= 0.6 is 11.6 Å².